The number of aryl methyl sites for hydroxylation is 1. The molecule has 0 aromatic carbocycles. The molecule has 0 saturated carbocycles. The predicted molar refractivity (Wildman–Crippen MR) is 75.3 cm³/mol. The smallest absolute Gasteiger partial charge is 0.271 e. The highest BCUT2D eigenvalue weighted by atomic mass is 32.2. The first kappa shape index (κ1) is 13.0. The number of imidazole rings is 1. The van der Waals surface area contributed by atoms with Crippen molar-refractivity contribution in [3.05, 3.63) is 35.8 Å². The Labute approximate surface area is 111 Å². The van der Waals surface area contributed by atoms with Gasteiger partial charge in [-0.2, -0.15) is 11.8 Å². The van der Waals surface area contributed by atoms with Crippen LogP contribution in [0.4, 0.5) is 0 Å². The fourth-order valence-corrected chi connectivity index (χ4v) is 2.27. The summed E-state index contributed by atoms with van der Waals surface area (Å²) in [5, 5.41) is 2.88. The molecule has 2 rings (SSSR count). The molecule has 0 fully saturated rings. The fraction of sp³-hybridized carbons (Fsp3) is 0.385. The third-order valence-corrected chi connectivity index (χ3v) is 3.55. The van der Waals surface area contributed by atoms with Crippen molar-refractivity contribution in [1.82, 2.24) is 14.7 Å². The monoisotopic (exact) mass is 263 g/mol. The van der Waals surface area contributed by atoms with Crippen molar-refractivity contribution in [2.24, 2.45) is 0 Å². The Balaban J connectivity index is 2.06. The molecule has 0 atom stereocenters. The van der Waals surface area contributed by atoms with E-state index in [1.165, 1.54) is 0 Å². The molecule has 2 aromatic rings. The Hall–Kier alpha value is -1.49. The summed E-state index contributed by atoms with van der Waals surface area (Å²) in [4.78, 5) is 16.2. The molecule has 0 spiro atoms. The first-order valence-corrected chi connectivity index (χ1v) is 7.18. The number of carbonyl (C=O) groups excluding carboxylic acids is 1. The molecular weight excluding hydrogens is 246 g/mol. The van der Waals surface area contributed by atoms with E-state index in [2.05, 4.69) is 17.2 Å². The Morgan fingerprint density at radius 3 is 3.11 bits per heavy atom. The van der Waals surface area contributed by atoms with Crippen molar-refractivity contribution >= 4 is 23.3 Å². The van der Waals surface area contributed by atoms with Crippen LogP contribution in [0.15, 0.2) is 24.5 Å². The largest absolute Gasteiger partial charge is 0.350 e. The Morgan fingerprint density at radius 2 is 2.39 bits per heavy atom. The minimum Gasteiger partial charge on any atom is -0.350 e. The molecule has 1 N–H and O–H groups in total. The van der Waals surface area contributed by atoms with Crippen molar-refractivity contribution in [2.75, 3.05) is 18.1 Å². The van der Waals surface area contributed by atoms with Gasteiger partial charge in [0.05, 0.1) is 0 Å². The van der Waals surface area contributed by atoms with Crippen LogP contribution in [0.25, 0.3) is 5.65 Å². The lowest BCUT2D eigenvalue weighted by Gasteiger charge is -2.01. The molecule has 2 aromatic heterocycles. The van der Waals surface area contributed by atoms with Gasteiger partial charge in [-0.15, -0.1) is 0 Å². The zero-order valence-corrected chi connectivity index (χ0v) is 11.5. The molecule has 1 amide bonds. The van der Waals surface area contributed by atoms with E-state index in [1.54, 1.807) is 6.20 Å². The summed E-state index contributed by atoms with van der Waals surface area (Å²) >= 11 is 1.81. The van der Waals surface area contributed by atoms with Gasteiger partial charge in [-0.3, -0.25) is 4.79 Å². The number of pyridine rings is 1. The zero-order chi connectivity index (χ0) is 13.0. The summed E-state index contributed by atoms with van der Waals surface area (Å²) in [5.41, 5.74) is 2.38. The van der Waals surface area contributed by atoms with Crippen molar-refractivity contribution in [3.8, 4) is 0 Å². The second kappa shape index (κ2) is 5.91. The highest BCUT2D eigenvalue weighted by Crippen LogP contribution is 2.09. The van der Waals surface area contributed by atoms with E-state index in [4.69, 9.17) is 0 Å². The lowest BCUT2D eigenvalue weighted by molar-refractivity contribution is 0.0952. The van der Waals surface area contributed by atoms with Gasteiger partial charge in [0.15, 0.2) is 0 Å². The summed E-state index contributed by atoms with van der Waals surface area (Å²) in [6.07, 6.45) is 3.67. The van der Waals surface area contributed by atoms with Crippen LogP contribution in [0.3, 0.4) is 0 Å². The molecule has 0 bridgehead atoms. The van der Waals surface area contributed by atoms with E-state index >= 15 is 0 Å². The highest BCUT2D eigenvalue weighted by Gasteiger charge is 2.10. The number of hydrogen-bond acceptors (Lipinski definition) is 3. The molecule has 0 aliphatic carbocycles. The summed E-state index contributed by atoms with van der Waals surface area (Å²) in [5.74, 6) is 1.91. The summed E-state index contributed by atoms with van der Waals surface area (Å²) < 4.78 is 1.88. The average Bonchev–Trinajstić information content (AvgIpc) is 2.80. The number of nitrogens with one attached hydrogen (secondary N) is 1. The molecule has 0 unspecified atom stereocenters. The van der Waals surface area contributed by atoms with Gasteiger partial charge in [0.25, 0.3) is 5.91 Å². The van der Waals surface area contributed by atoms with Gasteiger partial charge < -0.3 is 9.72 Å². The number of hydrogen-bond donors (Lipinski definition) is 1. The van der Waals surface area contributed by atoms with Crippen LogP contribution in [0.5, 0.6) is 0 Å². The van der Waals surface area contributed by atoms with E-state index in [-0.39, 0.29) is 5.91 Å². The highest BCUT2D eigenvalue weighted by molar-refractivity contribution is 7.99. The topological polar surface area (TPSA) is 46.4 Å². The molecule has 0 saturated heterocycles. The maximum Gasteiger partial charge on any atom is 0.271 e. The number of amides is 1. The maximum atomic E-state index is 11.9. The first-order chi connectivity index (χ1) is 8.72. The molecule has 4 nitrogen and oxygen atoms in total. The SMILES string of the molecule is CCSCCNC(=O)c1cn2cccc(C)c2n1. The third-order valence-electron chi connectivity index (χ3n) is 2.65. The van der Waals surface area contributed by atoms with Gasteiger partial charge in [-0.25, -0.2) is 4.98 Å². The van der Waals surface area contributed by atoms with Crippen molar-refractivity contribution in [3.63, 3.8) is 0 Å². The quantitative estimate of drug-likeness (QED) is 0.841. The minimum atomic E-state index is -0.102. The van der Waals surface area contributed by atoms with Crippen LogP contribution < -0.4 is 5.32 Å². The number of thioether (sulfide) groups is 1. The van der Waals surface area contributed by atoms with Crippen LogP contribution in [0.2, 0.25) is 0 Å². The van der Waals surface area contributed by atoms with E-state index in [0.29, 0.717) is 12.2 Å². The molecule has 0 radical (unpaired) electrons. The number of rotatable bonds is 5. The van der Waals surface area contributed by atoms with Gasteiger partial charge in [-0.1, -0.05) is 13.0 Å². The molecule has 0 aliphatic rings. The van der Waals surface area contributed by atoms with Crippen LogP contribution in [-0.4, -0.2) is 33.3 Å². The van der Waals surface area contributed by atoms with Crippen molar-refractivity contribution < 1.29 is 4.79 Å². The molecule has 2 heterocycles. The zero-order valence-electron chi connectivity index (χ0n) is 10.6. The summed E-state index contributed by atoms with van der Waals surface area (Å²) in [6, 6.07) is 3.94. The Bertz CT molecular complexity index is 550. The lowest BCUT2D eigenvalue weighted by atomic mass is 10.3. The van der Waals surface area contributed by atoms with Gasteiger partial charge in [0.2, 0.25) is 0 Å². The lowest BCUT2D eigenvalue weighted by Crippen LogP contribution is -2.26. The second-order valence-corrected chi connectivity index (χ2v) is 5.39. The number of fused-ring (bicyclic) bond motifs is 1. The average molecular weight is 263 g/mol. The van der Waals surface area contributed by atoms with Crippen molar-refractivity contribution in [1.29, 1.82) is 0 Å². The van der Waals surface area contributed by atoms with Gasteiger partial charge in [-0.05, 0) is 24.3 Å². The fourth-order valence-electron chi connectivity index (χ4n) is 1.73. The normalized spacial score (nSPS) is 10.8. The van der Waals surface area contributed by atoms with E-state index in [1.807, 2.05) is 41.4 Å². The third kappa shape index (κ3) is 2.85. The number of carbonyl (C=O) groups is 1. The Morgan fingerprint density at radius 1 is 1.56 bits per heavy atom. The molecule has 18 heavy (non-hydrogen) atoms. The van der Waals surface area contributed by atoms with E-state index < -0.39 is 0 Å². The predicted octanol–water partition coefficient (Wildman–Crippen LogP) is 2.13. The van der Waals surface area contributed by atoms with E-state index in [0.717, 1.165) is 22.7 Å². The standard InChI is InChI=1S/C13H17N3OS/c1-3-18-8-6-14-13(17)11-9-16-7-4-5-10(2)12(16)15-11/h4-5,7,9H,3,6,8H2,1-2H3,(H,14,17). The van der Waals surface area contributed by atoms with Crippen LogP contribution in [-0.2, 0) is 0 Å². The second-order valence-electron chi connectivity index (χ2n) is 4.00. The van der Waals surface area contributed by atoms with Crippen molar-refractivity contribution in [2.45, 2.75) is 13.8 Å². The number of aromatic nitrogens is 2. The van der Waals surface area contributed by atoms with Crippen LogP contribution in [0, 0.1) is 6.92 Å². The molecular formula is C13H17N3OS. The molecule has 96 valence electrons. The van der Waals surface area contributed by atoms with Crippen LogP contribution >= 0.6 is 11.8 Å². The van der Waals surface area contributed by atoms with Gasteiger partial charge >= 0.3 is 0 Å². The molecule has 5 heteroatoms. The summed E-state index contributed by atoms with van der Waals surface area (Å²) in [7, 11) is 0. The van der Waals surface area contributed by atoms with Gasteiger partial charge in [0.1, 0.15) is 11.3 Å². The Kier molecular flexibility index (Phi) is 4.25. The van der Waals surface area contributed by atoms with Crippen LogP contribution in [0.1, 0.15) is 23.0 Å². The maximum absolute atomic E-state index is 11.9. The number of nitrogens with zero attached hydrogens (tertiary/aromatic N) is 2. The van der Waals surface area contributed by atoms with E-state index in [9.17, 15) is 4.79 Å². The molecule has 0 aliphatic heterocycles. The van der Waals surface area contributed by atoms with Gasteiger partial charge in [0, 0.05) is 24.7 Å². The minimum absolute atomic E-state index is 0.102. The first-order valence-electron chi connectivity index (χ1n) is 6.02. The summed E-state index contributed by atoms with van der Waals surface area (Å²) in [6.45, 7) is 4.78.